The molecule has 5 heteroatoms. The van der Waals surface area contributed by atoms with Crippen molar-refractivity contribution in [3.8, 4) is 17.0 Å². The summed E-state index contributed by atoms with van der Waals surface area (Å²) >= 11 is 0. The molecular weight excluding hydrogens is 302 g/mol. The van der Waals surface area contributed by atoms with Crippen molar-refractivity contribution >= 4 is 5.82 Å². The Hall–Kier alpha value is -2.14. The van der Waals surface area contributed by atoms with Crippen LogP contribution in [0.25, 0.3) is 11.3 Å². The van der Waals surface area contributed by atoms with Gasteiger partial charge in [-0.3, -0.25) is 0 Å². The molecule has 1 aliphatic heterocycles. The predicted octanol–water partition coefficient (Wildman–Crippen LogP) is 3.67. The summed E-state index contributed by atoms with van der Waals surface area (Å²) in [6.07, 6.45) is 6.05. The zero-order valence-electron chi connectivity index (χ0n) is 14.0. The fourth-order valence-corrected chi connectivity index (χ4v) is 3.92. The van der Waals surface area contributed by atoms with Crippen LogP contribution < -0.4 is 10.1 Å². The number of nitrogens with zero attached hydrogens (tertiary/aromatic N) is 2. The van der Waals surface area contributed by atoms with E-state index in [1.165, 1.54) is 25.7 Å². The average molecular weight is 325 g/mol. The van der Waals surface area contributed by atoms with Crippen LogP contribution in [0.4, 0.5) is 5.82 Å². The summed E-state index contributed by atoms with van der Waals surface area (Å²) in [5.74, 6) is 1.61. The molecule has 1 aromatic carbocycles. The lowest BCUT2D eigenvalue weighted by molar-refractivity contribution is 0.0103. The van der Waals surface area contributed by atoms with Crippen molar-refractivity contribution in [2.24, 2.45) is 0 Å². The SMILES string of the molecule is COc1ccccc1-c1ccc(NC2COC3(CCCC3)C2)nn1. The molecule has 0 bridgehead atoms. The minimum atomic E-state index is 0.127. The number of para-hydroxylation sites is 1. The predicted molar refractivity (Wildman–Crippen MR) is 93.2 cm³/mol. The van der Waals surface area contributed by atoms with E-state index in [1.807, 2.05) is 36.4 Å². The number of aromatic nitrogens is 2. The first kappa shape index (κ1) is 15.4. The second-order valence-electron chi connectivity index (χ2n) is 6.75. The first-order valence-corrected chi connectivity index (χ1v) is 8.66. The summed E-state index contributed by atoms with van der Waals surface area (Å²) < 4.78 is 11.5. The van der Waals surface area contributed by atoms with Crippen LogP contribution in [-0.4, -0.2) is 35.6 Å². The second-order valence-corrected chi connectivity index (χ2v) is 6.75. The van der Waals surface area contributed by atoms with E-state index < -0.39 is 0 Å². The summed E-state index contributed by atoms with van der Waals surface area (Å²) in [6, 6.07) is 12.1. The van der Waals surface area contributed by atoms with Crippen molar-refractivity contribution in [1.29, 1.82) is 0 Å². The van der Waals surface area contributed by atoms with Crippen molar-refractivity contribution < 1.29 is 9.47 Å². The van der Waals surface area contributed by atoms with Gasteiger partial charge in [-0.15, -0.1) is 10.2 Å². The largest absolute Gasteiger partial charge is 0.496 e. The van der Waals surface area contributed by atoms with E-state index in [-0.39, 0.29) is 5.60 Å². The summed E-state index contributed by atoms with van der Waals surface area (Å²) in [4.78, 5) is 0. The smallest absolute Gasteiger partial charge is 0.148 e. The third-order valence-electron chi connectivity index (χ3n) is 5.12. The Bertz CT molecular complexity index is 696. The number of anilines is 1. The number of rotatable bonds is 4. The molecule has 2 aromatic rings. The third-order valence-corrected chi connectivity index (χ3v) is 5.12. The van der Waals surface area contributed by atoms with E-state index in [0.717, 1.165) is 35.9 Å². The highest BCUT2D eigenvalue weighted by molar-refractivity contribution is 5.67. The Labute approximate surface area is 142 Å². The van der Waals surface area contributed by atoms with E-state index in [1.54, 1.807) is 7.11 Å². The van der Waals surface area contributed by atoms with Gasteiger partial charge in [-0.25, -0.2) is 0 Å². The molecule has 1 N–H and O–H groups in total. The molecule has 2 heterocycles. The van der Waals surface area contributed by atoms with Crippen molar-refractivity contribution in [2.45, 2.75) is 43.7 Å². The van der Waals surface area contributed by atoms with Gasteiger partial charge in [0.15, 0.2) is 0 Å². The maximum Gasteiger partial charge on any atom is 0.148 e. The molecule has 2 fully saturated rings. The minimum absolute atomic E-state index is 0.127. The number of hydrogen-bond donors (Lipinski definition) is 1. The Kier molecular flexibility index (Phi) is 4.10. The lowest BCUT2D eigenvalue weighted by Gasteiger charge is -2.21. The summed E-state index contributed by atoms with van der Waals surface area (Å²) in [7, 11) is 1.67. The maximum absolute atomic E-state index is 6.08. The van der Waals surface area contributed by atoms with Gasteiger partial charge in [0, 0.05) is 5.56 Å². The molecule has 1 aliphatic carbocycles. The highest BCUT2D eigenvalue weighted by Gasteiger charge is 2.42. The van der Waals surface area contributed by atoms with E-state index >= 15 is 0 Å². The fraction of sp³-hybridized carbons (Fsp3) is 0.474. The maximum atomic E-state index is 6.08. The lowest BCUT2D eigenvalue weighted by atomic mass is 9.96. The molecule has 2 aliphatic rings. The molecule has 1 unspecified atom stereocenters. The number of hydrogen-bond acceptors (Lipinski definition) is 5. The van der Waals surface area contributed by atoms with Crippen LogP contribution in [0.1, 0.15) is 32.1 Å². The Balaban J connectivity index is 1.45. The van der Waals surface area contributed by atoms with Gasteiger partial charge in [0.1, 0.15) is 11.6 Å². The van der Waals surface area contributed by atoms with Crippen LogP contribution in [0, 0.1) is 0 Å². The van der Waals surface area contributed by atoms with E-state index in [2.05, 4.69) is 15.5 Å². The molecule has 1 saturated heterocycles. The first-order valence-electron chi connectivity index (χ1n) is 8.66. The summed E-state index contributed by atoms with van der Waals surface area (Å²) in [6.45, 7) is 0.760. The Morgan fingerprint density at radius 3 is 2.71 bits per heavy atom. The highest BCUT2D eigenvalue weighted by Crippen LogP contribution is 2.41. The Morgan fingerprint density at radius 2 is 1.96 bits per heavy atom. The van der Waals surface area contributed by atoms with Crippen LogP contribution in [-0.2, 0) is 4.74 Å². The zero-order chi connectivity index (χ0) is 16.4. The normalized spacial score (nSPS) is 22.0. The molecular formula is C19H23N3O2. The number of nitrogens with one attached hydrogen (secondary N) is 1. The first-order chi connectivity index (χ1) is 11.8. The molecule has 1 saturated carbocycles. The molecule has 1 aromatic heterocycles. The minimum Gasteiger partial charge on any atom is -0.496 e. The van der Waals surface area contributed by atoms with Crippen LogP contribution in [0.2, 0.25) is 0 Å². The van der Waals surface area contributed by atoms with Gasteiger partial charge in [0.25, 0.3) is 0 Å². The third kappa shape index (κ3) is 2.96. The fourth-order valence-electron chi connectivity index (χ4n) is 3.92. The van der Waals surface area contributed by atoms with Gasteiger partial charge in [0.05, 0.1) is 31.1 Å². The molecule has 0 radical (unpaired) electrons. The van der Waals surface area contributed by atoms with Gasteiger partial charge in [-0.05, 0) is 43.5 Å². The van der Waals surface area contributed by atoms with Crippen LogP contribution >= 0.6 is 0 Å². The standard InChI is InChI=1S/C19H23N3O2/c1-23-17-7-3-2-6-15(17)16-8-9-18(22-21-16)20-14-12-19(24-13-14)10-4-5-11-19/h2-3,6-9,14H,4-5,10-13H2,1H3,(H,20,22). The monoisotopic (exact) mass is 325 g/mol. The number of ether oxygens (including phenoxy) is 2. The van der Waals surface area contributed by atoms with Gasteiger partial charge in [0.2, 0.25) is 0 Å². The summed E-state index contributed by atoms with van der Waals surface area (Å²) in [5, 5.41) is 12.2. The number of benzene rings is 1. The summed E-state index contributed by atoms with van der Waals surface area (Å²) in [5.41, 5.74) is 1.89. The van der Waals surface area contributed by atoms with Gasteiger partial charge in [-0.1, -0.05) is 25.0 Å². The topological polar surface area (TPSA) is 56.3 Å². The average Bonchev–Trinajstić information content (AvgIpc) is 3.25. The molecule has 24 heavy (non-hydrogen) atoms. The van der Waals surface area contributed by atoms with E-state index in [9.17, 15) is 0 Å². The quantitative estimate of drug-likeness (QED) is 0.929. The highest BCUT2D eigenvalue weighted by atomic mass is 16.5. The van der Waals surface area contributed by atoms with Crippen molar-refractivity contribution in [1.82, 2.24) is 10.2 Å². The molecule has 126 valence electrons. The van der Waals surface area contributed by atoms with Crippen molar-refractivity contribution in [3.63, 3.8) is 0 Å². The van der Waals surface area contributed by atoms with E-state index in [0.29, 0.717) is 6.04 Å². The van der Waals surface area contributed by atoms with Crippen molar-refractivity contribution in [3.05, 3.63) is 36.4 Å². The molecule has 1 atom stereocenters. The van der Waals surface area contributed by atoms with E-state index in [4.69, 9.17) is 9.47 Å². The Morgan fingerprint density at radius 1 is 1.12 bits per heavy atom. The lowest BCUT2D eigenvalue weighted by Crippen LogP contribution is -2.25. The van der Waals surface area contributed by atoms with Crippen LogP contribution in [0.5, 0.6) is 5.75 Å². The van der Waals surface area contributed by atoms with Crippen LogP contribution in [0.15, 0.2) is 36.4 Å². The molecule has 4 rings (SSSR count). The zero-order valence-corrected chi connectivity index (χ0v) is 14.0. The van der Waals surface area contributed by atoms with Crippen molar-refractivity contribution in [2.75, 3.05) is 19.0 Å². The van der Waals surface area contributed by atoms with Crippen LogP contribution in [0.3, 0.4) is 0 Å². The second kappa shape index (κ2) is 6.40. The van der Waals surface area contributed by atoms with Gasteiger partial charge >= 0.3 is 0 Å². The number of methoxy groups -OCH3 is 1. The van der Waals surface area contributed by atoms with Gasteiger partial charge in [-0.2, -0.15) is 0 Å². The molecule has 1 spiro atoms. The molecule has 0 amide bonds. The molecule has 5 nitrogen and oxygen atoms in total. The van der Waals surface area contributed by atoms with Gasteiger partial charge < -0.3 is 14.8 Å².